The number of nitro benzene ring substituents is 1. The van der Waals surface area contributed by atoms with E-state index in [2.05, 4.69) is 9.97 Å². The zero-order chi connectivity index (χ0) is 14.8. The first-order valence-electron chi connectivity index (χ1n) is 6.24. The molecule has 6 nitrogen and oxygen atoms in total. The van der Waals surface area contributed by atoms with Gasteiger partial charge in [0, 0.05) is 11.8 Å². The highest BCUT2D eigenvalue weighted by Gasteiger charge is 2.11. The number of nitrogen functional groups attached to an aromatic ring is 1. The first-order valence-corrected chi connectivity index (χ1v) is 7.22. The first-order chi connectivity index (χ1) is 10.1. The Morgan fingerprint density at radius 2 is 2.10 bits per heavy atom. The van der Waals surface area contributed by atoms with Crippen LogP contribution in [0.15, 0.2) is 47.6 Å². The summed E-state index contributed by atoms with van der Waals surface area (Å²) in [4.78, 5) is 17.9. The van der Waals surface area contributed by atoms with Gasteiger partial charge >= 0.3 is 0 Å². The van der Waals surface area contributed by atoms with Crippen molar-refractivity contribution in [2.75, 3.05) is 5.73 Å². The van der Waals surface area contributed by atoms with Crippen molar-refractivity contribution in [1.82, 2.24) is 9.97 Å². The van der Waals surface area contributed by atoms with E-state index in [0.29, 0.717) is 5.75 Å². The van der Waals surface area contributed by atoms with E-state index in [1.165, 1.54) is 17.8 Å². The second-order valence-corrected chi connectivity index (χ2v) is 5.46. The molecule has 0 aliphatic rings. The number of anilines is 1. The maximum atomic E-state index is 10.7. The van der Waals surface area contributed by atoms with Gasteiger partial charge in [0.15, 0.2) is 5.16 Å². The Labute approximate surface area is 124 Å². The van der Waals surface area contributed by atoms with Crippen molar-refractivity contribution in [2.24, 2.45) is 0 Å². The van der Waals surface area contributed by atoms with Crippen molar-refractivity contribution in [2.45, 2.75) is 10.9 Å². The Kier molecular flexibility index (Phi) is 3.49. The van der Waals surface area contributed by atoms with Crippen molar-refractivity contribution in [1.29, 1.82) is 0 Å². The third-order valence-electron chi connectivity index (χ3n) is 3.03. The molecule has 0 saturated carbocycles. The fraction of sp³-hybridized carbons (Fsp3) is 0.0714. The van der Waals surface area contributed by atoms with E-state index in [1.807, 2.05) is 24.3 Å². The van der Waals surface area contributed by atoms with Gasteiger partial charge in [0.2, 0.25) is 0 Å². The number of aromatic amines is 1. The fourth-order valence-corrected chi connectivity index (χ4v) is 2.84. The third-order valence-corrected chi connectivity index (χ3v) is 3.98. The summed E-state index contributed by atoms with van der Waals surface area (Å²) >= 11 is 1.53. The van der Waals surface area contributed by atoms with Crippen LogP contribution in [0.5, 0.6) is 0 Å². The van der Waals surface area contributed by atoms with Crippen LogP contribution < -0.4 is 5.73 Å². The van der Waals surface area contributed by atoms with E-state index in [0.717, 1.165) is 21.8 Å². The molecule has 0 aliphatic heterocycles. The number of nitro groups is 1. The molecule has 3 N–H and O–H groups in total. The largest absolute Gasteiger partial charge is 0.393 e. The summed E-state index contributed by atoms with van der Waals surface area (Å²) in [6.45, 7) is 0. The van der Waals surface area contributed by atoms with Crippen molar-refractivity contribution < 1.29 is 4.92 Å². The van der Waals surface area contributed by atoms with Crippen molar-refractivity contribution in [3.63, 3.8) is 0 Å². The van der Waals surface area contributed by atoms with E-state index < -0.39 is 4.92 Å². The molecule has 0 atom stereocenters. The van der Waals surface area contributed by atoms with Crippen LogP contribution >= 0.6 is 11.8 Å². The SMILES string of the molecule is Nc1cc(CSc2nc3ccccc3[nH]2)ccc1[N+](=O)[O-]. The zero-order valence-corrected chi connectivity index (χ0v) is 11.8. The van der Waals surface area contributed by atoms with Crippen LogP contribution in [0.1, 0.15) is 5.56 Å². The van der Waals surface area contributed by atoms with Gasteiger partial charge in [-0.3, -0.25) is 10.1 Å². The number of thioether (sulfide) groups is 1. The molecule has 0 saturated heterocycles. The molecule has 0 spiro atoms. The summed E-state index contributed by atoms with van der Waals surface area (Å²) in [5.41, 5.74) is 8.63. The number of H-pyrrole nitrogens is 1. The first kappa shape index (κ1) is 13.4. The average molecular weight is 300 g/mol. The lowest BCUT2D eigenvalue weighted by molar-refractivity contribution is -0.383. The Balaban J connectivity index is 1.75. The molecule has 21 heavy (non-hydrogen) atoms. The van der Waals surface area contributed by atoms with Crippen LogP contribution in [0.3, 0.4) is 0 Å². The minimum absolute atomic E-state index is 0.0625. The van der Waals surface area contributed by atoms with Gasteiger partial charge < -0.3 is 10.7 Å². The Bertz CT molecular complexity index is 783. The van der Waals surface area contributed by atoms with Gasteiger partial charge in [-0.05, 0) is 23.8 Å². The van der Waals surface area contributed by atoms with Crippen molar-refractivity contribution in [3.05, 3.63) is 58.1 Å². The number of aromatic nitrogens is 2. The molecule has 1 aromatic heterocycles. The molecule has 3 aromatic rings. The van der Waals surface area contributed by atoms with Crippen LogP contribution in [0.25, 0.3) is 11.0 Å². The van der Waals surface area contributed by atoms with E-state index in [4.69, 9.17) is 5.73 Å². The van der Waals surface area contributed by atoms with Gasteiger partial charge in [-0.2, -0.15) is 0 Å². The number of fused-ring (bicyclic) bond motifs is 1. The molecule has 2 aromatic carbocycles. The Hall–Kier alpha value is -2.54. The van der Waals surface area contributed by atoms with E-state index in [1.54, 1.807) is 12.1 Å². The second kappa shape index (κ2) is 5.45. The highest BCUT2D eigenvalue weighted by Crippen LogP contribution is 2.27. The van der Waals surface area contributed by atoms with Crippen molar-refractivity contribution in [3.8, 4) is 0 Å². The quantitative estimate of drug-likeness (QED) is 0.333. The van der Waals surface area contributed by atoms with Gasteiger partial charge in [-0.25, -0.2) is 4.98 Å². The highest BCUT2D eigenvalue weighted by molar-refractivity contribution is 7.98. The second-order valence-electron chi connectivity index (χ2n) is 4.50. The van der Waals surface area contributed by atoms with Gasteiger partial charge in [0.1, 0.15) is 5.69 Å². The molecule has 0 radical (unpaired) electrons. The number of benzene rings is 2. The van der Waals surface area contributed by atoms with Crippen LogP contribution in [0.4, 0.5) is 11.4 Å². The maximum Gasteiger partial charge on any atom is 0.292 e. The molecule has 0 amide bonds. The van der Waals surface area contributed by atoms with Gasteiger partial charge in [-0.1, -0.05) is 30.0 Å². The van der Waals surface area contributed by atoms with E-state index >= 15 is 0 Å². The molecule has 0 unspecified atom stereocenters. The summed E-state index contributed by atoms with van der Waals surface area (Å²) < 4.78 is 0. The molecule has 0 bridgehead atoms. The van der Waals surface area contributed by atoms with Gasteiger partial charge in [0.25, 0.3) is 5.69 Å². The number of nitrogens with zero attached hydrogens (tertiary/aromatic N) is 2. The normalized spacial score (nSPS) is 10.9. The van der Waals surface area contributed by atoms with Gasteiger partial charge in [0.05, 0.1) is 16.0 Å². The third kappa shape index (κ3) is 2.82. The van der Waals surface area contributed by atoms with Crippen LogP contribution in [-0.4, -0.2) is 14.9 Å². The molecule has 3 rings (SSSR count). The number of imidazole rings is 1. The standard InChI is InChI=1S/C14H12N4O2S/c15-10-7-9(5-6-13(10)18(19)20)8-21-14-16-11-3-1-2-4-12(11)17-14/h1-7H,8,15H2,(H,16,17). The van der Waals surface area contributed by atoms with Crippen LogP contribution in [-0.2, 0) is 5.75 Å². The summed E-state index contributed by atoms with van der Waals surface area (Å²) in [5.74, 6) is 0.641. The Morgan fingerprint density at radius 1 is 1.29 bits per heavy atom. The lowest BCUT2D eigenvalue weighted by Crippen LogP contribution is -1.96. The molecular formula is C14H12N4O2S. The van der Waals surface area contributed by atoms with Gasteiger partial charge in [-0.15, -0.1) is 0 Å². The highest BCUT2D eigenvalue weighted by atomic mass is 32.2. The number of nitrogens with one attached hydrogen (secondary N) is 1. The summed E-state index contributed by atoms with van der Waals surface area (Å²) in [7, 11) is 0. The Morgan fingerprint density at radius 3 is 2.81 bits per heavy atom. The molecular weight excluding hydrogens is 288 g/mol. The molecule has 1 heterocycles. The van der Waals surface area contributed by atoms with Crippen LogP contribution in [0, 0.1) is 10.1 Å². The number of rotatable bonds is 4. The summed E-state index contributed by atoms with van der Waals surface area (Å²) in [5, 5.41) is 11.5. The molecule has 0 aliphatic carbocycles. The minimum atomic E-state index is -0.481. The van der Waals surface area contributed by atoms with E-state index in [9.17, 15) is 10.1 Å². The number of nitrogens with two attached hydrogens (primary N) is 1. The lowest BCUT2D eigenvalue weighted by Gasteiger charge is -2.02. The minimum Gasteiger partial charge on any atom is -0.393 e. The topological polar surface area (TPSA) is 97.8 Å². The maximum absolute atomic E-state index is 10.7. The fourth-order valence-electron chi connectivity index (χ4n) is 2.01. The zero-order valence-electron chi connectivity index (χ0n) is 10.9. The number of hydrogen-bond acceptors (Lipinski definition) is 5. The molecule has 7 heteroatoms. The van der Waals surface area contributed by atoms with E-state index in [-0.39, 0.29) is 11.4 Å². The molecule has 0 fully saturated rings. The number of hydrogen-bond donors (Lipinski definition) is 2. The van der Waals surface area contributed by atoms with Crippen LogP contribution in [0.2, 0.25) is 0 Å². The molecule has 106 valence electrons. The predicted molar refractivity (Wildman–Crippen MR) is 83.2 cm³/mol. The smallest absolute Gasteiger partial charge is 0.292 e. The average Bonchev–Trinajstić information content (AvgIpc) is 2.87. The van der Waals surface area contributed by atoms with Crippen molar-refractivity contribution >= 4 is 34.2 Å². The monoisotopic (exact) mass is 300 g/mol. The predicted octanol–water partition coefficient (Wildman–Crippen LogP) is 3.35. The summed E-state index contributed by atoms with van der Waals surface area (Å²) in [6, 6.07) is 12.6. The summed E-state index contributed by atoms with van der Waals surface area (Å²) in [6.07, 6.45) is 0. The lowest BCUT2D eigenvalue weighted by atomic mass is 10.2. The number of para-hydroxylation sites is 2.